The van der Waals surface area contributed by atoms with Crippen LogP contribution in [0.5, 0.6) is 11.5 Å². The number of aromatic nitrogens is 4. The van der Waals surface area contributed by atoms with Crippen molar-refractivity contribution < 1.29 is 14.7 Å². The SMILES string of the molecule is NC(CN(CCCNCc1ccc2c(c1)OCO2)c1nc(-n2ccnc2)ns1)=NO. The summed E-state index contributed by atoms with van der Waals surface area (Å²) < 4.78 is 16.8. The average molecular weight is 430 g/mol. The first kappa shape index (κ1) is 19.9. The average Bonchev–Trinajstić information content (AvgIpc) is 3.53. The number of hydrogen-bond acceptors (Lipinski definition) is 10. The standard InChI is InChI=1S/C18H22N8O3S/c19-16(23-27)10-25(18-22-17(24-30-18)26-7-5-21-11-26)6-1-4-20-9-13-2-3-14-15(8-13)29-12-28-14/h2-3,5,7-8,11,20,27H,1,4,6,9-10,12H2,(H2,19,23). The number of anilines is 1. The van der Waals surface area contributed by atoms with Gasteiger partial charge in [0.15, 0.2) is 17.3 Å². The molecule has 0 atom stereocenters. The summed E-state index contributed by atoms with van der Waals surface area (Å²) in [5.41, 5.74) is 6.85. The van der Waals surface area contributed by atoms with Gasteiger partial charge in [0.2, 0.25) is 17.9 Å². The number of hydrogen-bond donors (Lipinski definition) is 3. The molecule has 4 rings (SSSR count). The number of benzene rings is 1. The molecule has 3 aromatic rings. The van der Waals surface area contributed by atoms with Gasteiger partial charge in [-0.15, -0.1) is 0 Å². The van der Waals surface area contributed by atoms with Crippen LogP contribution in [-0.2, 0) is 6.54 Å². The zero-order chi connectivity index (χ0) is 20.8. The molecule has 11 nitrogen and oxygen atoms in total. The van der Waals surface area contributed by atoms with E-state index in [1.807, 2.05) is 23.1 Å². The van der Waals surface area contributed by atoms with E-state index in [1.54, 1.807) is 23.3 Å². The summed E-state index contributed by atoms with van der Waals surface area (Å²) in [5, 5.41) is 16.1. The van der Waals surface area contributed by atoms with Gasteiger partial charge < -0.3 is 30.6 Å². The fourth-order valence-electron chi connectivity index (χ4n) is 2.97. The van der Waals surface area contributed by atoms with E-state index in [9.17, 15) is 0 Å². The molecular weight excluding hydrogens is 408 g/mol. The molecule has 0 saturated carbocycles. The highest BCUT2D eigenvalue weighted by Gasteiger charge is 2.15. The van der Waals surface area contributed by atoms with Crippen molar-refractivity contribution in [3.63, 3.8) is 0 Å². The Bertz CT molecular complexity index is 991. The largest absolute Gasteiger partial charge is 0.454 e. The zero-order valence-corrected chi connectivity index (χ0v) is 17.0. The van der Waals surface area contributed by atoms with E-state index in [0.717, 1.165) is 36.6 Å². The summed E-state index contributed by atoms with van der Waals surface area (Å²) in [6.45, 7) is 2.71. The van der Waals surface area contributed by atoms with Crippen LogP contribution < -0.4 is 25.4 Å². The highest BCUT2D eigenvalue weighted by Crippen LogP contribution is 2.32. The monoisotopic (exact) mass is 430 g/mol. The van der Waals surface area contributed by atoms with Crippen LogP contribution in [-0.4, -0.2) is 56.4 Å². The second kappa shape index (κ2) is 9.41. The number of imidazole rings is 1. The fourth-order valence-corrected chi connectivity index (χ4v) is 3.66. The van der Waals surface area contributed by atoms with E-state index in [2.05, 4.69) is 24.8 Å². The van der Waals surface area contributed by atoms with Gasteiger partial charge in [-0.25, -0.2) is 4.98 Å². The molecule has 0 bridgehead atoms. The Morgan fingerprint density at radius 2 is 2.27 bits per heavy atom. The molecule has 1 aliphatic heterocycles. The highest BCUT2D eigenvalue weighted by atomic mass is 32.1. The lowest BCUT2D eigenvalue weighted by atomic mass is 10.2. The second-order valence-electron chi connectivity index (χ2n) is 6.58. The lowest BCUT2D eigenvalue weighted by Gasteiger charge is -2.20. The Labute approximate surface area is 176 Å². The molecule has 1 aromatic carbocycles. The maximum Gasteiger partial charge on any atom is 0.248 e. The molecule has 0 unspecified atom stereocenters. The zero-order valence-electron chi connectivity index (χ0n) is 16.1. The Kier molecular flexibility index (Phi) is 6.25. The number of rotatable bonds is 10. The molecule has 0 spiro atoms. The third-order valence-corrected chi connectivity index (χ3v) is 5.21. The van der Waals surface area contributed by atoms with Crippen molar-refractivity contribution in [2.45, 2.75) is 13.0 Å². The van der Waals surface area contributed by atoms with Crippen molar-refractivity contribution >= 4 is 22.5 Å². The van der Waals surface area contributed by atoms with Gasteiger partial charge in [-0.2, -0.15) is 9.36 Å². The van der Waals surface area contributed by atoms with Crippen LogP contribution in [0.3, 0.4) is 0 Å². The van der Waals surface area contributed by atoms with Gasteiger partial charge in [-0.05, 0) is 30.7 Å². The maximum absolute atomic E-state index is 8.95. The molecule has 0 radical (unpaired) electrons. The number of ether oxygens (including phenoxy) is 2. The molecule has 0 fully saturated rings. The van der Waals surface area contributed by atoms with E-state index in [-0.39, 0.29) is 19.2 Å². The number of nitrogens with two attached hydrogens (primary N) is 1. The summed E-state index contributed by atoms with van der Waals surface area (Å²) in [7, 11) is 0. The van der Waals surface area contributed by atoms with E-state index in [1.165, 1.54) is 11.5 Å². The third-order valence-electron chi connectivity index (χ3n) is 4.44. The molecule has 3 heterocycles. The Morgan fingerprint density at radius 3 is 3.10 bits per heavy atom. The predicted molar refractivity (Wildman–Crippen MR) is 112 cm³/mol. The molecule has 158 valence electrons. The van der Waals surface area contributed by atoms with E-state index < -0.39 is 0 Å². The Balaban J connectivity index is 1.30. The number of nitrogens with zero attached hydrogens (tertiary/aromatic N) is 6. The molecule has 0 aliphatic carbocycles. The number of amidine groups is 1. The van der Waals surface area contributed by atoms with Crippen molar-refractivity contribution in [3.8, 4) is 17.4 Å². The molecule has 4 N–H and O–H groups in total. The van der Waals surface area contributed by atoms with Crippen molar-refractivity contribution in [2.24, 2.45) is 10.9 Å². The van der Waals surface area contributed by atoms with Gasteiger partial charge in [-0.1, -0.05) is 11.2 Å². The summed E-state index contributed by atoms with van der Waals surface area (Å²) in [5.74, 6) is 2.22. The fraction of sp³-hybridized carbons (Fsp3) is 0.333. The van der Waals surface area contributed by atoms with Crippen LogP contribution in [0.15, 0.2) is 42.1 Å². The first-order valence-electron chi connectivity index (χ1n) is 9.35. The molecular formula is C18H22N8O3S. The molecule has 0 amide bonds. The first-order chi connectivity index (χ1) is 14.7. The minimum absolute atomic E-state index is 0.114. The van der Waals surface area contributed by atoms with Gasteiger partial charge in [-0.3, -0.25) is 4.57 Å². The van der Waals surface area contributed by atoms with E-state index in [4.69, 9.17) is 20.4 Å². The van der Waals surface area contributed by atoms with Crippen molar-refractivity contribution in [3.05, 3.63) is 42.5 Å². The topological polar surface area (TPSA) is 136 Å². The molecule has 1 aliphatic rings. The maximum atomic E-state index is 8.95. The molecule has 12 heteroatoms. The second-order valence-corrected chi connectivity index (χ2v) is 7.31. The van der Waals surface area contributed by atoms with Crippen LogP contribution in [0, 0.1) is 0 Å². The number of nitrogens with one attached hydrogen (secondary N) is 1. The molecule has 2 aromatic heterocycles. The summed E-state index contributed by atoms with van der Waals surface area (Å²) in [6, 6.07) is 5.93. The van der Waals surface area contributed by atoms with Crippen LogP contribution in [0.1, 0.15) is 12.0 Å². The highest BCUT2D eigenvalue weighted by molar-refractivity contribution is 7.09. The van der Waals surface area contributed by atoms with E-state index >= 15 is 0 Å². The summed E-state index contributed by atoms with van der Waals surface area (Å²) >= 11 is 1.26. The first-order valence-corrected chi connectivity index (χ1v) is 10.1. The van der Waals surface area contributed by atoms with E-state index in [0.29, 0.717) is 17.6 Å². The van der Waals surface area contributed by atoms with Gasteiger partial charge in [0, 0.05) is 37.0 Å². The van der Waals surface area contributed by atoms with Gasteiger partial charge >= 0.3 is 0 Å². The van der Waals surface area contributed by atoms with Gasteiger partial charge in [0.05, 0.1) is 6.54 Å². The van der Waals surface area contributed by atoms with Gasteiger partial charge in [0.1, 0.15) is 6.33 Å². The predicted octanol–water partition coefficient (Wildman–Crippen LogP) is 1.19. The quantitative estimate of drug-likeness (QED) is 0.142. The number of oxime groups is 1. The van der Waals surface area contributed by atoms with Crippen molar-refractivity contribution in [2.75, 3.05) is 31.3 Å². The van der Waals surface area contributed by atoms with Gasteiger partial charge in [0.25, 0.3) is 0 Å². The summed E-state index contributed by atoms with van der Waals surface area (Å²) in [6.07, 6.45) is 5.92. The minimum Gasteiger partial charge on any atom is -0.454 e. The smallest absolute Gasteiger partial charge is 0.248 e. The van der Waals surface area contributed by atoms with Crippen molar-refractivity contribution in [1.29, 1.82) is 0 Å². The lowest BCUT2D eigenvalue weighted by molar-refractivity contribution is 0.174. The third kappa shape index (κ3) is 4.78. The molecule has 30 heavy (non-hydrogen) atoms. The normalized spacial score (nSPS) is 13.0. The summed E-state index contributed by atoms with van der Waals surface area (Å²) in [4.78, 5) is 10.5. The Hall–Kier alpha value is -3.38. The number of fused-ring (bicyclic) bond motifs is 1. The lowest BCUT2D eigenvalue weighted by Crippen LogP contribution is -2.35. The van der Waals surface area contributed by atoms with Crippen LogP contribution in [0.25, 0.3) is 5.95 Å². The van der Waals surface area contributed by atoms with Crippen LogP contribution >= 0.6 is 11.5 Å². The van der Waals surface area contributed by atoms with Crippen LogP contribution in [0.2, 0.25) is 0 Å². The minimum atomic E-state index is 0.114. The van der Waals surface area contributed by atoms with Crippen molar-refractivity contribution in [1.82, 2.24) is 24.2 Å². The van der Waals surface area contributed by atoms with Crippen LogP contribution in [0.4, 0.5) is 5.13 Å². The Morgan fingerprint density at radius 1 is 1.37 bits per heavy atom. The molecule has 0 saturated heterocycles.